The highest BCUT2D eigenvalue weighted by molar-refractivity contribution is 5.95. The quantitative estimate of drug-likeness (QED) is 0.701. The Labute approximate surface area is 101 Å². The highest BCUT2D eigenvalue weighted by Gasteiger charge is 2.59. The van der Waals surface area contributed by atoms with Gasteiger partial charge in [0.15, 0.2) is 11.6 Å². The highest BCUT2D eigenvalue weighted by atomic mass is 16.7. The molecule has 0 amide bonds. The predicted octanol–water partition coefficient (Wildman–Crippen LogP) is 2.09. The normalized spacial score (nSPS) is 37.9. The number of allylic oxidation sites excluding steroid dienone is 2. The fourth-order valence-corrected chi connectivity index (χ4v) is 3.57. The molecule has 0 radical (unpaired) electrons. The first-order valence-corrected chi connectivity index (χ1v) is 6.38. The summed E-state index contributed by atoms with van der Waals surface area (Å²) in [5.74, 6) is 0.332. The van der Waals surface area contributed by atoms with Crippen molar-refractivity contribution in [2.24, 2.45) is 17.8 Å². The molecular formula is C14H18O3. The molecule has 2 aliphatic carbocycles. The van der Waals surface area contributed by atoms with Crippen LogP contribution >= 0.6 is 0 Å². The van der Waals surface area contributed by atoms with Gasteiger partial charge in [-0.05, 0) is 24.8 Å². The molecule has 2 fully saturated rings. The third kappa shape index (κ3) is 1.60. The van der Waals surface area contributed by atoms with E-state index in [1.165, 1.54) is 0 Å². The Bertz CT molecular complexity index is 366. The van der Waals surface area contributed by atoms with Crippen LogP contribution in [0.15, 0.2) is 24.8 Å². The maximum Gasteiger partial charge on any atom is 0.175 e. The molecule has 1 saturated carbocycles. The van der Waals surface area contributed by atoms with Gasteiger partial charge in [-0.1, -0.05) is 12.2 Å². The van der Waals surface area contributed by atoms with E-state index in [1.54, 1.807) is 6.08 Å². The van der Waals surface area contributed by atoms with Crippen molar-refractivity contribution >= 4 is 5.78 Å². The maximum absolute atomic E-state index is 11.9. The minimum Gasteiger partial charge on any atom is -0.347 e. The summed E-state index contributed by atoms with van der Waals surface area (Å²) in [4.78, 5) is 11.9. The van der Waals surface area contributed by atoms with E-state index in [9.17, 15) is 4.79 Å². The predicted molar refractivity (Wildman–Crippen MR) is 63.3 cm³/mol. The van der Waals surface area contributed by atoms with E-state index in [4.69, 9.17) is 9.47 Å². The van der Waals surface area contributed by atoms with Crippen LogP contribution in [0.2, 0.25) is 0 Å². The topological polar surface area (TPSA) is 35.5 Å². The maximum atomic E-state index is 11.9. The Morgan fingerprint density at radius 2 is 2.24 bits per heavy atom. The number of carbonyl (C=O) groups is 1. The third-order valence-electron chi connectivity index (χ3n) is 4.26. The number of fused-ring (bicyclic) bond motifs is 2. The second-order valence-corrected chi connectivity index (χ2v) is 5.15. The molecule has 3 heteroatoms. The zero-order valence-electron chi connectivity index (χ0n) is 9.93. The highest BCUT2D eigenvalue weighted by Crippen LogP contribution is 2.53. The van der Waals surface area contributed by atoms with Crippen molar-refractivity contribution < 1.29 is 14.3 Å². The van der Waals surface area contributed by atoms with Crippen LogP contribution in [-0.4, -0.2) is 24.8 Å². The van der Waals surface area contributed by atoms with Crippen LogP contribution in [0.1, 0.15) is 19.3 Å². The molecule has 0 aromatic rings. The Balaban J connectivity index is 1.84. The Kier molecular flexibility index (Phi) is 2.68. The second kappa shape index (κ2) is 4.07. The molecule has 0 aromatic carbocycles. The van der Waals surface area contributed by atoms with E-state index < -0.39 is 5.79 Å². The minimum absolute atomic E-state index is 0.0769. The summed E-state index contributed by atoms with van der Waals surface area (Å²) in [5, 5.41) is 0. The lowest BCUT2D eigenvalue weighted by Gasteiger charge is -2.27. The average Bonchev–Trinajstić information content (AvgIpc) is 2.98. The molecule has 1 spiro atoms. The molecule has 1 saturated heterocycles. The van der Waals surface area contributed by atoms with E-state index in [1.807, 2.05) is 12.2 Å². The smallest absolute Gasteiger partial charge is 0.175 e. The molecule has 0 unspecified atom stereocenters. The van der Waals surface area contributed by atoms with Gasteiger partial charge in [-0.2, -0.15) is 0 Å². The van der Waals surface area contributed by atoms with Gasteiger partial charge in [0, 0.05) is 18.3 Å². The van der Waals surface area contributed by atoms with Gasteiger partial charge in [-0.3, -0.25) is 4.79 Å². The van der Waals surface area contributed by atoms with Crippen molar-refractivity contribution in [2.45, 2.75) is 25.0 Å². The lowest BCUT2D eigenvalue weighted by Crippen LogP contribution is -2.34. The zero-order valence-corrected chi connectivity index (χ0v) is 9.93. The molecule has 3 nitrogen and oxygen atoms in total. The summed E-state index contributed by atoms with van der Waals surface area (Å²) >= 11 is 0. The van der Waals surface area contributed by atoms with E-state index in [0.29, 0.717) is 19.1 Å². The van der Waals surface area contributed by atoms with Crippen LogP contribution in [0.4, 0.5) is 0 Å². The molecule has 0 bridgehead atoms. The molecule has 3 atom stereocenters. The summed E-state index contributed by atoms with van der Waals surface area (Å²) in [6.07, 6.45) is 8.44. The summed E-state index contributed by atoms with van der Waals surface area (Å²) in [7, 11) is 0. The number of ether oxygens (including phenoxy) is 2. The van der Waals surface area contributed by atoms with Crippen LogP contribution in [0.25, 0.3) is 0 Å². The van der Waals surface area contributed by atoms with Gasteiger partial charge in [0.2, 0.25) is 0 Å². The van der Waals surface area contributed by atoms with Gasteiger partial charge in [0.25, 0.3) is 0 Å². The lowest BCUT2D eigenvalue weighted by atomic mass is 9.87. The largest absolute Gasteiger partial charge is 0.347 e. The van der Waals surface area contributed by atoms with Crippen LogP contribution in [0, 0.1) is 17.8 Å². The molecule has 0 N–H and O–H groups in total. The Morgan fingerprint density at radius 1 is 1.47 bits per heavy atom. The molecular weight excluding hydrogens is 216 g/mol. The van der Waals surface area contributed by atoms with E-state index >= 15 is 0 Å². The van der Waals surface area contributed by atoms with Crippen molar-refractivity contribution in [1.29, 1.82) is 0 Å². The first-order valence-electron chi connectivity index (χ1n) is 6.38. The fraction of sp³-hybridized carbons (Fsp3) is 0.643. The first-order chi connectivity index (χ1) is 8.27. The van der Waals surface area contributed by atoms with E-state index in [2.05, 4.69) is 6.58 Å². The van der Waals surface area contributed by atoms with Crippen molar-refractivity contribution in [2.75, 3.05) is 13.2 Å². The molecule has 92 valence electrons. The average molecular weight is 234 g/mol. The summed E-state index contributed by atoms with van der Waals surface area (Å²) < 4.78 is 11.6. The summed E-state index contributed by atoms with van der Waals surface area (Å²) in [6, 6.07) is 0. The minimum atomic E-state index is -0.501. The van der Waals surface area contributed by atoms with Crippen molar-refractivity contribution in [3.05, 3.63) is 24.8 Å². The van der Waals surface area contributed by atoms with Crippen molar-refractivity contribution in [3.8, 4) is 0 Å². The van der Waals surface area contributed by atoms with Gasteiger partial charge in [-0.15, -0.1) is 6.58 Å². The number of carbonyl (C=O) groups excluding carboxylic acids is 1. The first kappa shape index (κ1) is 11.2. The molecule has 3 aliphatic rings. The van der Waals surface area contributed by atoms with Crippen molar-refractivity contribution in [1.82, 2.24) is 0 Å². The SMILES string of the molecule is C=CCC[C@H]1CC2(OCCO2)[C@@H]2C=CC(=O)[C@H]12. The molecule has 3 rings (SSSR count). The van der Waals surface area contributed by atoms with Crippen LogP contribution < -0.4 is 0 Å². The van der Waals surface area contributed by atoms with Crippen molar-refractivity contribution in [3.63, 3.8) is 0 Å². The summed E-state index contributed by atoms with van der Waals surface area (Å²) in [6.45, 7) is 5.06. The molecule has 17 heavy (non-hydrogen) atoms. The molecule has 1 aliphatic heterocycles. The Hall–Kier alpha value is -0.930. The number of ketones is 1. The number of hydrogen-bond donors (Lipinski definition) is 0. The molecule has 0 aromatic heterocycles. The second-order valence-electron chi connectivity index (χ2n) is 5.15. The van der Waals surface area contributed by atoms with Gasteiger partial charge in [-0.25, -0.2) is 0 Å². The monoisotopic (exact) mass is 234 g/mol. The van der Waals surface area contributed by atoms with Crippen LogP contribution in [0.5, 0.6) is 0 Å². The lowest BCUT2D eigenvalue weighted by molar-refractivity contribution is -0.175. The van der Waals surface area contributed by atoms with Crippen LogP contribution in [-0.2, 0) is 14.3 Å². The number of rotatable bonds is 3. The fourth-order valence-electron chi connectivity index (χ4n) is 3.57. The van der Waals surface area contributed by atoms with Gasteiger partial charge < -0.3 is 9.47 Å². The third-order valence-corrected chi connectivity index (χ3v) is 4.26. The van der Waals surface area contributed by atoms with Crippen LogP contribution in [0.3, 0.4) is 0 Å². The Morgan fingerprint density at radius 3 is 2.94 bits per heavy atom. The summed E-state index contributed by atoms with van der Waals surface area (Å²) in [5.41, 5.74) is 0. The van der Waals surface area contributed by atoms with E-state index in [0.717, 1.165) is 19.3 Å². The van der Waals surface area contributed by atoms with E-state index in [-0.39, 0.29) is 17.6 Å². The van der Waals surface area contributed by atoms with Gasteiger partial charge in [0.05, 0.1) is 13.2 Å². The van der Waals surface area contributed by atoms with Gasteiger partial charge in [0.1, 0.15) is 0 Å². The standard InChI is InChI=1S/C14H18O3/c1-2-3-4-10-9-14(16-7-8-17-14)11-5-6-12(15)13(10)11/h2,5-6,10-11,13H,1,3-4,7-9H2/t10-,11+,13+/m0/s1. The zero-order chi connectivity index (χ0) is 11.9. The molecule has 1 heterocycles. The van der Waals surface area contributed by atoms with Gasteiger partial charge >= 0.3 is 0 Å². The number of hydrogen-bond acceptors (Lipinski definition) is 3.